The van der Waals surface area contributed by atoms with Gasteiger partial charge in [-0.2, -0.15) is 0 Å². The number of halogens is 1. The van der Waals surface area contributed by atoms with Crippen LogP contribution in [0.4, 0.5) is 0 Å². The molecule has 1 aromatic rings. The van der Waals surface area contributed by atoms with Gasteiger partial charge in [-0.1, -0.05) is 54.8 Å². The highest BCUT2D eigenvalue weighted by Gasteiger charge is 2.24. The summed E-state index contributed by atoms with van der Waals surface area (Å²) < 4.78 is 1.17. The third-order valence-corrected chi connectivity index (χ3v) is 4.90. The molecular weight excluding hydrogens is 298 g/mol. The zero-order valence-electron chi connectivity index (χ0n) is 12.2. The van der Waals surface area contributed by atoms with Crippen LogP contribution in [-0.4, -0.2) is 12.6 Å². The van der Waals surface area contributed by atoms with Crippen molar-refractivity contribution in [2.75, 3.05) is 6.54 Å². The van der Waals surface area contributed by atoms with Gasteiger partial charge in [0.1, 0.15) is 0 Å². The van der Waals surface area contributed by atoms with Crippen LogP contribution >= 0.6 is 15.9 Å². The van der Waals surface area contributed by atoms with E-state index in [1.165, 1.54) is 48.7 Å². The van der Waals surface area contributed by atoms with E-state index in [4.69, 9.17) is 0 Å². The number of benzene rings is 1. The first-order chi connectivity index (χ1) is 9.22. The van der Waals surface area contributed by atoms with Gasteiger partial charge in [-0.25, -0.2) is 0 Å². The Morgan fingerprint density at radius 1 is 1.11 bits per heavy atom. The van der Waals surface area contributed by atoms with Crippen molar-refractivity contribution in [3.8, 4) is 0 Å². The molecule has 1 N–H and O–H groups in total. The Kier molecular flexibility index (Phi) is 5.90. The molecule has 0 aromatic heterocycles. The van der Waals surface area contributed by atoms with E-state index >= 15 is 0 Å². The lowest BCUT2D eigenvalue weighted by Crippen LogP contribution is -2.30. The van der Waals surface area contributed by atoms with Crippen LogP contribution in [0.5, 0.6) is 0 Å². The molecule has 1 nitrogen and oxygen atoms in total. The third kappa shape index (κ3) is 4.92. The molecule has 1 aliphatic carbocycles. The van der Waals surface area contributed by atoms with Crippen LogP contribution in [-0.2, 0) is 6.42 Å². The second-order valence-corrected chi connectivity index (χ2v) is 6.77. The van der Waals surface area contributed by atoms with Crippen molar-refractivity contribution in [2.24, 2.45) is 11.8 Å². The Bertz CT molecular complexity index is 365. The largest absolute Gasteiger partial charge is 0.314 e. The topological polar surface area (TPSA) is 12.0 Å². The zero-order chi connectivity index (χ0) is 13.7. The predicted octanol–water partition coefficient (Wildman–Crippen LogP) is 4.80. The van der Waals surface area contributed by atoms with E-state index in [9.17, 15) is 0 Å². The molecule has 19 heavy (non-hydrogen) atoms. The normalized spacial score (nSPS) is 16.8. The third-order valence-electron chi connectivity index (χ3n) is 4.37. The van der Waals surface area contributed by atoms with Gasteiger partial charge in [0.15, 0.2) is 0 Å². The first kappa shape index (κ1) is 15.1. The second-order valence-electron chi connectivity index (χ2n) is 5.85. The number of rotatable bonds is 8. The van der Waals surface area contributed by atoms with Crippen molar-refractivity contribution in [2.45, 2.75) is 52.0 Å². The maximum absolute atomic E-state index is 3.73. The minimum Gasteiger partial charge on any atom is -0.314 e. The summed E-state index contributed by atoms with van der Waals surface area (Å²) in [6.45, 7) is 5.85. The van der Waals surface area contributed by atoms with Crippen LogP contribution in [0.2, 0.25) is 0 Å². The van der Waals surface area contributed by atoms with Crippen LogP contribution in [0.3, 0.4) is 0 Å². The van der Waals surface area contributed by atoms with Gasteiger partial charge in [0, 0.05) is 10.5 Å². The highest BCUT2D eigenvalue weighted by atomic mass is 79.9. The van der Waals surface area contributed by atoms with Crippen molar-refractivity contribution in [1.82, 2.24) is 5.32 Å². The molecule has 106 valence electrons. The Hall–Kier alpha value is -0.340. The maximum Gasteiger partial charge on any atom is 0.0175 e. The fraction of sp³-hybridized carbons (Fsp3) is 0.647. The zero-order valence-corrected chi connectivity index (χ0v) is 13.7. The fourth-order valence-electron chi connectivity index (χ4n) is 2.89. The molecule has 1 aliphatic rings. The Morgan fingerprint density at radius 2 is 1.74 bits per heavy atom. The highest BCUT2D eigenvalue weighted by molar-refractivity contribution is 9.10. The van der Waals surface area contributed by atoms with Gasteiger partial charge in [0.2, 0.25) is 0 Å². The van der Waals surface area contributed by atoms with Gasteiger partial charge < -0.3 is 5.32 Å². The van der Waals surface area contributed by atoms with Crippen LogP contribution in [0.15, 0.2) is 28.7 Å². The van der Waals surface area contributed by atoms with Crippen LogP contribution in [0.25, 0.3) is 0 Å². The summed E-state index contributed by atoms with van der Waals surface area (Å²) in [5, 5.41) is 3.73. The first-order valence-corrected chi connectivity index (χ1v) is 8.50. The molecule has 0 bridgehead atoms. The summed E-state index contributed by atoms with van der Waals surface area (Å²) in [5.74, 6) is 1.62. The van der Waals surface area contributed by atoms with Gasteiger partial charge >= 0.3 is 0 Å². The van der Waals surface area contributed by atoms with E-state index in [0.29, 0.717) is 0 Å². The van der Waals surface area contributed by atoms with E-state index in [1.54, 1.807) is 0 Å². The van der Waals surface area contributed by atoms with Crippen molar-refractivity contribution in [1.29, 1.82) is 0 Å². The lowest BCUT2D eigenvalue weighted by molar-refractivity contribution is 0.297. The van der Waals surface area contributed by atoms with Crippen LogP contribution in [0.1, 0.15) is 45.1 Å². The molecular formula is C17H26BrN. The van der Waals surface area contributed by atoms with Gasteiger partial charge in [0.05, 0.1) is 0 Å². The quantitative estimate of drug-likeness (QED) is 0.724. The molecule has 1 atom stereocenters. The van der Waals surface area contributed by atoms with E-state index in [0.717, 1.165) is 17.9 Å². The number of nitrogens with one attached hydrogen (secondary N) is 1. The summed E-state index contributed by atoms with van der Waals surface area (Å²) in [6, 6.07) is 9.66. The summed E-state index contributed by atoms with van der Waals surface area (Å²) in [4.78, 5) is 0. The minimum atomic E-state index is 0.775. The molecule has 0 saturated heterocycles. The van der Waals surface area contributed by atoms with E-state index in [1.807, 2.05) is 0 Å². The van der Waals surface area contributed by atoms with Crippen molar-refractivity contribution in [3.05, 3.63) is 34.3 Å². The maximum atomic E-state index is 3.73. The van der Waals surface area contributed by atoms with Gasteiger partial charge in [-0.05, 0) is 55.3 Å². The predicted molar refractivity (Wildman–Crippen MR) is 86.4 cm³/mol. The van der Waals surface area contributed by atoms with E-state index in [-0.39, 0.29) is 0 Å². The summed E-state index contributed by atoms with van der Waals surface area (Å²) >= 11 is 3.51. The molecule has 1 saturated carbocycles. The lowest BCUT2D eigenvalue weighted by Gasteiger charge is -2.26. The smallest absolute Gasteiger partial charge is 0.0175 e. The molecule has 2 rings (SSSR count). The molecule has 2 heteroatoms. The second kappa shape index (κ2) is 7.44. The van der Waals surface area contributed by atoms with Crippen molar-refractivity contribution in [3.63, 3.8) is 0 Å². The summed E-state index contributed by atoms with van der Waals surface area (Å²) in [7, 11) is 0. The van der Waals surface area contributed by atoms with E-state index < -0.39 is 0 Å². The monoisotopic (exact) mass is 323 g/mol. The Morgan fingerprint density at radius 3 is 2.26 bits per heavy atom. The molecule has 0 spiro atoms. The molecule has 1 aromatic carbocycles. The average Bonchev–Trinajstić information content (AvgIpc) is 3.23. The molecule has 0 heterocycles. The molecule has 0 amide bonds. The van der Waals surface area contributed by atoms with Crippen molar-refractivity contribution < 1.29 is 0 Å². The SMILES string of the molecule is CCC(CC)C(CNC1CC1)Cc1ccc(Br)cc1. The Balaban J connectivity index is 1.96. The molecule has 1 unspecified atom stereocenters. The first-order valence-electron chi connectivity index (χ1n) is 7.70. The van der Waals surface area contributed by atoms with E-state index in [2.05, 4.69) is 59.4 Å². The Labute approximate surface area is 126 Å². The average molecular weight is 324 g/mol. The van der Waals surface area contributed by atoms with Gasteiger partial charge in [-0.15, -0.1) is 0 Å². The molecule has 1 fully saturated rings. The highest BCUT2D eigenvalue weighted by Crippen LogP contribution is 2.26. The van der Waals surface area contributed by atoms with Crippen molar-refractivity contribution >= 4 is 15.9 Å². The van der Waals surface area contributed by atoms with Crippen LogP contribution < -0.4 is 5.32 Å². The van der Waals surface area contributed by atoms with Gasteiger partial charge in [0.25, 0.3) is 0 Å². The molecule has 0 radical (unpaired) electrons. The molecule has 0 aliphatic heterocycles. The van der Waals surface area contributed by atoms with Gasteiger partial charge in [-0.3, -0.25) is 0 Å². The van der Waals surface area contributed by atoms with Crippen LogP contribution in [0, 0.1) is 11.8 Å². The number of hydrogen-bond acceptors (Lipinski definition) is 1. The lowest BCUT2D eigenvalue weighted by atomic mass is 9.83. The minimum absolute atomic E-state index is 0.775. The summed E-state index contributed by atoms with van der Waals surface area (Å²) in [6.07, 6.45) is 6.56. The summed E-state index contributed by atoms with van der Waals surface area (Å²) in [5.41, 5.74) is 1.47. The fourth-order valence-corrected chi connectivity index (χ4v) is 3.15. The standard InChI is InChI=1S/C17H26BrN/c1-3-14(4-2)15(12-19-17-9-10-17)11-13-5-7-16(18)8-6-13/h5-8,14-15,17,19H,3-4,9-12H2,1-2H3. The number of hydrogen-bond donors (Lipinski definition) is 1.